The van der Waals surface area contributed by atoms with E-state index in [-0.39, 0.29) is 10.7 Å². The highest BCUT2D eigenvalue weighted by molar-refractivity contribution is 6.34. The molecule has 8 heteroatoms. The fourth-order valence-corrected chi connectivity index (χ4v) is 1.75. The molecule has 0 radical (unpaired) electrons. The van der Waals surface area contributed by atoms with Gasteiger partial charge in [0.1, 0.15) is 0 Å². The van der Waals surface area contributed by atoms with Crippen LogP contribution in [-0.2, 0) is 15.8 Å². The monoisotopic (exact) mass is 332 g/mol. The number of carbonyl (C=O) groups excluding carboxylic acids is 2. The van der Waals surface area contributed by atoms with E-state index in [1.807, 2.05) is 0 Å². The Bertz CT molecular complexity index is 636. The molecule has 1 aromatic rings. The molecule has 4 nitrogen and oxygen atoms in total. The van der Waals surface area contributed by atoms with Crippen LogP contribution in [0.3, 0.4) is 0 Å². The number of amides is 1. The van der Waals surface area contributed by atoms with Crippen LogP contribution >= 0.6 is 11.6 Å². The van der Waals surface area contributed by atoms with Gasteiger partial charge in [-0.3, -0.25) is 9.59 Å². The van der Waals surface area contributed by atoms with Crippen molar-refractivity contribution in [3.05, 3.63) is 28.8 Å². The van der Waals surface area contributed by atoms with Gasteiger partial charge in [0.2, 0.25) is 5.91 Å². The molecule has 0 aliphatic rings. The predicted octanol–water partition coefficient (Wildman–Crippen LogP) is 3.66. The molecule has 0 aliphatic carbocycles. The van der Waals surface area contributed by atoms with Crippen LogP contribution in [0, 0.1) is 23.2 Å². The number of carbonyl (C=O) groups is 2. The molecule has 0 aromatic heterocycles. The summed E-state index contributed by atoms with van der Waals surface area (Å²) in [5.41, 5.74) is -1.31. The Labute approximate surface area is 129 Å². The third-order valence-corrected chi connectivity index (χ3v) is 3.13. The zero-order valence-corrected chi connectivity index (χ0v) is 12.4. The summed E-state index contributed by atoms with van der Waals surface area (Å²) in [7, 11) is 0. The number of rotatable bonds is 4. The van der Waals surface area contributed by atoms with Crippen molar-refractivity contribution >= 4 is 29.0 Å². The summed E-state index contributed by atoms with van der Waals surface area (Å²) in [6.07, 6.45) is -4.60. The Balaban J connectivity index is 3.06. The van der Waals surface area contributed by atoms with Crippen molar-refractivity contribution in [1.82, 2.24) is 0 Å². The smallest absolute Gasteiger partial charge is 0.323 e. The number of nitrogens with zero attached hydrogens (tertiary/aromatic N) is 1. The van der Waals surface area contributed by atoms with E-state index in [1.165, 1.54) is 13.8 Å². The van der Waals surface area contributed by atoms with E-state index in [1.54, 1.807) is 6.07 Å². The van der Waals surface area contributed by atoms with Gasteiger partial charge in [-0.2, -0.15) is 18.4 Å². The molecule has 0 aliphatic heterocycles. The number of alkyl halides is 3. The fraction of sp³-hybridized carbons (Fsp3) is 0.357. The standard InChI is InChI=1S/C14H12ClF3N2O2/c1-7(2)12(21)9(6-19)13(22)20-11-5-8(14(16,17)18)3-4-10(11)15/h3-5,7,9H,1-2H3,(H,20,22). The second-order valence-electron chi connectivity index (χ2n) is 4.80. The number of nitriles is 1. The Morgan fingerprint density at radius 3 is 2.36 bits per heavy atom. The first-order chi connectivity index (χ1) is 10.1. The highest BCUT2D eigenvalue weighted by Crippen LogP contribution is 2.34. The summed E-state index contributed by atoms with van der Waals surface area (Å²) in [5, 5.41) is 10.9. The minimum absolute atomic E-state index is 0.130. The highest BCUT2D eigenvalue weighted by atomic mass is 35.5. The molecule has 1 rings (SSSR count). The molecule has 1 unspecified atom stereocenters. The van der Waals surface area contributed by atoms with Crippen LogP contribution in [0.1, 0.15) is 19.4 Å². The first-order valence-electron chi connectivity index (χ1n) is 6.19. The summed E-state index contributed by atoms with van der Waals surface area (Å²) in [4.78, 5) is 23.6. The zero-order chi connectivity index (χ0) is 17.1. The van der Waals surface area contributed by atoms with Crippen LogP contribution in [0.25, 0.3) is 0 Å². The van der Waals surface area contributed by atoms with Crippen LogP contribution in [-0.4, -0.2) is 11.7 Å². The van der Waals surface area contributed by atoms with E-state index in [9.17, 15) is 22.8 Å². The van der Waals surface area contributed by atoms with Crippen molar-refractivity contribution in [3.8, 4) is 6.07 Å². The first-order valence-corrected chi connectivity index (χ1v) is 6.56. The third-order valence-electron chi connectivity index (χ3n) is 2.80. The average Bonchev–Trinajstić information content (AvgIpc) is 2.40. The number of anilines is 1. The van der Waals surface area contributed by atoms with Crippen molar-refractivity contribution < 1.29 is 22.8 Å². The Kier molecular flexibility index (Phi) is 5.55. The number of halogens is 4. The van der Waals surface area contributed by atoms with Gasteiger partial charge in [0.15, 0.2) is 11.7 Å². The summed E-state index contributed by atoms with van der Waals surface area (Å²) in [6.45, 7) is 3.02. The molecule has 0 saturated heterocycles. The number of hydrogen-bond acceptors (Lipinski definition) is 3. The van der Waals surface area contributed by atoms with Crippen molar-refractivity contribution in [2.24, 2.45) is 11.8 Å². The molecule has 0 saturated carbocycles. The maximum absolute atomic E-state index is 12.6. The number of hydrogen-bond donors (Lipinski definition) is 1. The summed E-state index contributed by atoms with van der Waals surface area (Å²) >= 11 is 5.73. The third kappa shape index (κ3) is 4.21. The molecule has 1 amide bonds. The Hall–Kier alpha value is -2.07. The molecule has 0 spiro atoms. The fourth-order valence-electron chi connectivity index (χ4n) is 1.59. The van der Waals surface area contributed by atoms with E-state index < -0.39 is 35.3 Å². The second-order valence-corrected chi connectivity index (χ2v) is 5.21. The molecule has 1 aromatic carbocycles. The number of ketones is 1. The quantitative estimate of drug-likeness (QED) is 0.855. The molecule has 0 bridgehead atoms. The number of benzene rings is 1. The zero-order valence-electron chi connectivity index (χ0n) is 11.7. The molecular weight excluding hydrogens is 321 g/mol. The molecule has 1 atom stereocenters. The van der Waals surface area contributed by atoms with Crippen molar-refractivity contribution in [2.75, 3.05) is 5.32 Å². The lowest BCUT2D eigenvalue weighted by Gasteiger charge is -2.14. The highest BCUT2D eigenvalue weighted by Gasteiger charge is 2.32. The molecule has 22 heavy (non-hydrogen) atoms. The SMILES string of the molecule is CC(C)C(=O)C(C#N)C(=O)Nc1cc(C(F)(F)F)ccc1Cl. The largest absolute Gasteiger partial charge is 0.416 e. The van der Waals surface area contributed by atoms with Gasteiger partial charge < -0.3 is 5.32 Å². The van der Waals surface area contributed by atoms with E-state index in [0.717, 1.165) is 12.1 Å². The molecule has 0 heterocycles. The summed E-state index contributed by atoms with van der Waals surface area (Å²) in [5.74, 6) is -3.80. The topological polar surface area (TPSA) is 70.0 Å². The van der Waals surface area contributed by atoms with Crippen molar-refractivity contribution in [1.29, 1.82) is 5.26 Å². The molecule has 118 valence electrons. The van der Waals surface area contributed by atoms with Crippen LogP contribution in [0.4, 0.5) is 18.9 Å². The normalized spacial score (nSPS) is 12.6. The lowest BCUT2D eigenvalue weighted by Crippen LogP contribution is -2.31. The Morgan fingerprint density at radius 2 is 1.91 bits per heavy atom. The van der Waals surface area contributed by atoms with Crippen LogP contribution in [0.5, 0.6) is 0 Å². The van der Waals surface area contributed by atoms with Crippen LogP contribution in [0.2, 0.25) is 5.02 Å². The first kappa shape index (κ1) is 18.0. The Morgan fingerprint density at radius 1 is 1.32 bits per heavy atom. The van der Waals surface area contributed by atoms with E-state index in [0.29, 0.717) is 6.07 Å². The van der Waals surface area contributed by atoms with E-state index in [4.69, 9.17) is 16.9 Å². The van der Waals surface area contributed by atoms with Gasteiger partial charge in [0, 0.05) is 5.92 Å². The lowest BCUT2D eigenvalue weighted by molar-refractivity contribution is -0.137. The van der Waals surface area contributed by atoms with Gasteiger partial charge in [0.25, 0.3) is 0 Å². The molecule has 0 fully saturated rings. The van der Waals surface area contributed by atoms with Gasteiger partial charge in [-0.25, -0.2) is 0 Å². The van der Waals surface area contributed by atoms with Gasteiger partial charge in [-0.05, 0) is 18.2 Å². The van der Waals surface area contributed by atoms with Crippen LogP contribution < -0.4 is 5.32 Å². The van der Waals surface area contributed by atoms with Gasteiger partial charge in [-0.15, -0.1) is 0 Å². The molecular formula is C14H12ClF3N2O2. The van der Waals surface area contributed by atoms with E-state index in [2.05, 4.69) is 5.32 Å². The second kappa shape index (κ2) is 6.79. The minimum Gasteiger partial charge on any atom is -0.323 e. The molecule has 1 N–H and O–H groups in total. The average molecular weight is 333 g/mol. The van der Waals surface area contributed by atoms with Gasteiger partial charge in [0.05, 0.1) is 22.3 Å². The van der Waals surface area contributed by atoms with E-state index >= 15 is 0 Å². The van der Waals surface area contributed by atoms with Gasteiger partial charge in [-0.1, -0.05) is 25.4 Å². The summed E-state index contributed by atoms with van der Waals surface area (Å²) in [6, 6.07) is 3.93. The number of nitrogens with one attached hydrogen (secondary N) is 1. The summed E-state index contributed by atoms with van der Waals surface area (Å²) < 4.78 is 37.9. The lowest BCUT2D eigenvalue weighted by atomic mass is 9.95. The van der Waals surface area contributed by atoms with Crippen molar-refractivity contribution in [3.63, 3.8) is 0 Å². The maximum Gasteiger partial charge on any atom is 0.416 e. The predicted molar refractivity (Wildman–Crippen MR) is 74.0 cm³/mol. The number of Topliss-reactive ketones (excluding diaryl/α,β-unsaturated/α-hetero) is 1. The minimum atomic E-state index is -4.60. The van der Waals surface area contributed by atoms with Gasteiger partial charge >= 0.3 is 6.18 Å². The van der Waals surface area contributed by atoms with Crippen LogP contribution in [0.15, 0.2) is 18.2 Å². The van der Waals surface area contributed by atoms with Crippen molar-refractivity contribution in [2.45, 2.75) is 20.0 Å². The maximum atomic E-state index is 12.6.